The smallest absolute Gasteiger partial charge is 0.0695 e. The Morgan fingerprint density at radius 3 is 2.53 bits per heavy atom. The molecule has 2 fully saturated rings. The Morgan fingerprint density at radius 1 is 1.18 bits per heavy atom. The van der Waals surface area contributed by atoms with Crippen molar-refractivity contribution in [2.75, 3.05) is 33.2 Å². The summed E-state index contributed by atoms with van der Waals surface area (Å²) in [6.07, 6.45) is 6.39. The van der Waals surface area contributed by atoms with Crippen molar-refractivity contribution in [3.05, 3.63) is 0 Å². The Hall–Kier alpha value is -0.120. The molecule has 1 heterocycles. The second-order valence-corrected chi connectivity index (χ2v) is 6.07. The van der Waals surface area contributed by atoms with Gasteiger partial charge in [-0.25, -0.2) is 0 Å². The molecule has 0 radical (unpaired) electrons. The van der Waals surface area contributed by atoms with Gasteiger partial charge in [0, 0.05) is 32.2 Å². The molecule has 2 unspecified atom stereocenters. The Kier molecular flexibility index (Phi) is 4.83. The maximum Gasteiger partial charge on any atom is 0.0695 e. The quantitative estimate of drug-likeness (QED) is 0.811. The van der Waals surface area contributed by atoms with Crippen LogP contribution in [-0.4, -0.2) is 60.3 Å². The molecule has 0 spiro atoms. The number of β-amino-alcohol motifs (C(OH)–C–C–N with tert-alkyl or cyclic N) is 1. The van der Waals surface area contributed by atoms with Crippen LogP contribution in [0.15, 0.2) is 0 Å². The second-order valence-electron chi connectivity index (χ2n) is 6.07. The SMILES string of the molecule is CC1CN(C)CCN1CC(O)C1CCCCC1. The summed E-state index contributed by atoms with van der Waals surface area (Å²) in [4.78, 5) is 4.85. The van der Waals surface area contributed by atoms with Crippen molar-refractivity contribution in [1.29, 1.82) is 0 Å². The van der Waals surface area contributed by atoms with E-state index in [0.29, 0.717) is 12.0 Å². The molecule has 1 saturated carbocycles. The summed E-state index contributed by atoms with van der Waals surface area (Å²) in [6, 6.07) is 0.590. The summed E-state index contributed by atoms with van der Waals surface area (Å²) < 4.78 is 0. The third-order valence-corrected chi connectivity index (χ3v) is 4.58. The van der Waals surface area contributed by atoms with Gasteiger partial charge in [-0.15, -0.1) is 0 Å². The van der Waals surface area contributed by atoms with E-state index < -0.39 is 0 Å². The van der Waals surface area contributed by atoms with Crippen LogP contribution in [0.4, 0.5) is 0 Å². The van der Waals surface area contributed by atoms with Crippen molar-refractivity contribution in [2.45, 2.75) is 51.2 Å². The molecule has 0 aromatic carbocycles. The number of nitrogens with zero attached hydrogens (tertiary/aromatic N) is 2. The number of hydrogen-bond acceptors (Lipinski definition) is 3. The molecule has 0 amide bonds. The van der Waals surface area contributed by atoms with Crippen LogP contribution in [0.5, 0.6) is 0 Å². The van der Waals surface area contributed by atoms with Gasteiger partial charge in [0.2, 0.25) is 0 Å². The molecule has 1 aliphatic carbocycles. The van der Waals surface area contributed by atoms with Crippen LogP contribution < -0.4 is 0 Å². The highest BCUT2D eigenvalue weighted by atomic mass is 16.3. The second kappa shape index (κ2) is 6.17. The molecule has 2 aliphatic rings. The Bertz CT molecular complexity index is 228. The average molecular weight is 240 g/mol. The number of aliphatic hydroxyl groups is 1. The van der Waals surface area contributed by atoms with E-state index in [4.69, 9.17) is 0 Å². The molecular weight excluding hydrogens is 212 g/mol. The van der Waals surface area contributed by atoms with Gasteiger partial charge >= 0.3 is 0 Å². The lowest BCUT2D eigenvalue weighted by Crippen LogP contribution is -2.53. The van der Waals surface area contributed by atoms with Gasteiger partial charge in [-0.2, -0.15) is 0 Å². The third kappa shape index (κ3) is 3.67. The summed E-state index contributed by atoms with van der Waals surface area (Å²) in [5.74, 6) is 0.565. The van der Waals surface area contributed by atoms with E-state index in [1.807, 2.05) is 0 Å². The van der Waals surface area contributed by atoms with E-state index in [0.717, 1.165) is 26.2 Å². The Labute approximate surface area is 106 Å². The topological polar surface area (TPSA) is 26.7 Å². The highest BCUT2D eigenvalue weighted by molar-refractivity contribution is 4.82. The number of rotatable bonds is 3. The average Bonchev–Trinajstić information content (AvgIpc) is 2.34. The van der Waals surface area contributed by atoms with Gasteiger partial charge in [0.15, 0.2) is 0 Å². The van der Waals surface area contributed by atoms with Gasteiger partial charge in [0.25, 0.3) is 0 Å². The first kappa shape index (κ1) is 13.3. The fourth-order valence-corrected chi connectivity index (χ4v) is 3.36. The van der Waals surface area contributed by atoms with E-state index >= 15 is 0 Å². The van der Waals surface area contributed by atoms with Crippen LogP contribution in [0.2, 0.25) is 0 Å². The highest BCUT2D eigenvalue weighted by Gasteiger charge is 2.27. The fraction of sp³-hybridized carbons (Fsp3) is 1.00. The number of piperazine rings is 1. The van der Waals surface area contributed by atoms with Crippen LogP contribution in [0.3, 0.4) is 0 Å². The molecular formula is C14H28N2O. The maximum absolute atomic E-state index is 10.4. The van der Waals surface area contributed by atoms with Crippen molar-refractivity contribution >= 4 is 0 Å². The molecule has 17 heavy (non-hydrogen) atoms. The first-order valence-corrected chi connectivity index (χ1v) is 7.27. The van der Waals surface area contributed by atoms with Crippen molar-refractivity contribution in [3.63, 3.8) is 0 Å². The lowest BCUT2D eigenvalue weighted by Gasteiger charge is -2.40. The zero-order valence-corrected chi connectivity index (χ0v) is 11.4. The molecule has 1 aliphatic heterocycles. The number of hydrogen-bond donors (Lipinski definition) is 1. The van der Waals surface area contributed by atoms with Crippen LogP contribution in [0.25, 0.3) is 0 Å². The van der Waals surface area contributed by atoms with Crippen LogP contribution >= 0.6 is 0 Å². The standard InChI is InChI=1S/C14H28N2O/c1-12-10-15(2)8-9-16(12)11-14(17)13-6-4-3-5-7-13/h12-14,17H,3-11H2,1-2H3. The lowest BCUT2D eigenvalue weighted by atomic mass is 9.85. The molecule has 0 aromatic heterocycles. The molecule has 2 atom stereocenters. The van der Waals surface area contributed by atoms with Crippen molar-refractivity contribution in [1.82, 2.24) is 9.80 Å². The minimum Gasteiger partial charge on any atom is -0.392 e. The minimum absolute atomic E-state index is 0.0962. The van der Waals surface area contributed by atoms with Crippen molar-refractivity contribution in [3.8, 4) is 0 Å². The number of aliphatic hydroxyl groups excluding tert-OH is 1. The summed E-state index contributed by atoms with van der Waals surface area (Å²) in [6.45, 7) is 6.56. The predicted molar refractivity (Wildman–Crippen MR) is 71.1 cm³/mol. The van der Waals surface area contributed by atoms with Crippen LogP contribution in [0, 0.1) is 5.92 Å². The van der Waals surface area contributed by atoms with Gasteiger partial charge in [0.05, 0.1) is 6.10 Å². The van der Waals surface area contributed by atoms with E-state index in [1.165, 1.54) is 32.1 Å². The third-order valence-electron chi connectivity index (χ3n) is 4.58. The number of likely N-dealkylation sites (N-methyl/N-ethyl adjacent to an activating group) is 1. The van der Waals surface area contributed by atoms with E-state index in [9.17, 15) is 5.11 Å². The first-order valence-electron chi connectivity index (χ1n) is 7.27. The predicted octanol–water partition coefficient (Wildman–Crippen LogP) is 1.56. The monoisotopic (exact) mass is 240 g/mol. The van der Waals surface area contributed by atoms with E-state index in [-0.39, 0.29) is 6.10 Å². The van der Waals surface area contributed by atoms with E-state index in [1.54, 1.807) is 0 Å². The van der Waals surface area contributed by atoms with Crippen LogP contribution in [-0.2, 0) is 0 Å². The summed E-state index contributed by atoms with van der Waals surface area (Å²) in [7, 11) is 2.19. The zero-order valence-electron chi connectivity index (χ0n) is 11.4. The van der Waals surface area contributed by atoms with Gasteiger partial charge in [-0.3, -0.25) is 4.90 Å². The highest BCUT2D eigenvalue weighted by Crippen LogP contribution is 2.27. The Morgan fingerprint density at radius 2 is 1.88 bits per heavy atom. The van der Waals surface area contributed by atoms with Crippen LogP contribution in [0.1, 0.15) is 39.0 Å². The maximum atomic E-state index is 10.4. The molecule has 2 rings (SSSR count). The molecule has 1 N–H and O–H groups in total. The first-order chi connectivity index (χ1) is 8.16. The van der Waals surface area contributed by atoms with Crippen molar-refractivity contribution in [2.24, 2.45) is 5.92 Å². The molecule has 3 heteroatoms. The Balaban J connectivity index is 1.79. The lowest BCUT2D eigenvalue weighted by molar-refractivity contribution is 0.0129. The van der Waals surface area contributed by atoms with Gasteiger partial charge in [-0.05, 0) is 32.7 Å². The molecule has 3 nitrogen and oxygen atoms in total. The molecule has 0 aromatic rings. The largest absolute Gasteiger partial charge is 0.392 e. The van der Waals surface area contributed by atoms with Gasteiger partial charge in [0.1, 0.15) is 0 Å². The van der Waals surface area contributed by atoms with Gasteiger partial charge < -0.3 is 10.0 Å². The summed E-state index contributed by atoms with van der Waals surface area (Å²) in [5, 5.41) is 10.4. The summed E-state index contributed by atoms with van der Waals surface area (Å²) >= 11 is 0. The summed E-state index contributed by atoms with van der Waals surface area (Å²) in [5.41, 5.74) is 0. The van der Waals surface area contributed by atoms with Crippen molar-refractivity contribution < 1.29 is 5.11 Å². The fourth-order valence-electron chi connectivity index (χ4n) is 3.36. The molecule has 100 valence electrons. The van der Waals surface area contributed by atoms with Gasteiger partial charge in [-0.1, -0.05) is 19.3 Å². The molecule has 1 saturated heterocycles. The molecule has 0 bridgehead atoms. The normalized spacial score (nSPS) is 31.6. The zero-order chi connectivity index (χ0) is 12.3. The minimum atomic E-state index is -0.0962. The van der Waals surface area contributed by atoms with E-state index in [2.05, 4.69) is 23.8 Å².